The predicted octanol–water partition coefficient (Wildman–Crippen LogP) is 2.99. The van der Waals surface area contributed by atoms with Crippen LogP contribution in [-0.2, 0) is 0 Å². The molecule has 0 saturated carbocycles. The number of carbonyl (C=O) groups is 1. The van der Waals surface area contributed by atoms with E-state index in [2.05, 4.69) is 6.92 Å². The van der Waals surface area contributed by atoms with Crippen molar-refractivity contribution in [3.8, 4) is 5.75 Å². The van der Waals surface area contributed by atoms with Gasteiger partial charge in [-0.1, -0.05) is 6.92 Å². The van der Waals surface area contributed by atoms with Crippen LogP contribution in [0.5, 0.6) is 5.75 Å². The van der Waals surface area contributed by atoms with Crippen LogP contribution < -0.4 is 4.74 Å². The molecule has 2 heteroatoms. The zero-order valence-corrected chi connectivity index (χ0v) is 8.96. The summed E-state index contributed by atoms with van der Waals surface area (Å²) >= 11 is 0. The minimum absolute atomic E-state index is 0.0927. The van der Waals surface area contributed by atoms with Gasteiger partial charge in [-0.25, -0.2) is 0 Å². The summed E-state index contributed by atoms with van der Waals surface area (Å²) in [5.74, 6) is 0.965. The summed E-state index contributed by atoms with van der Waals surface area (Å²) in [7, 11) is 0. The summed E-state index contributed by atoms with van der Waals surface area (Å²) in [6, 6.07) is 5.54. The summed E-state index contributed by atoms with van der Waals surface area (Å²) in [6.45, 7) is 6.32. The third-order valence-corrected chi connectivity index (χ3v) is 2.04. The number of Topliss-reactive ketones (excluding diaryl/α,β-unsaturated/α-hetero) is 1. The minimum atomic E-state index is 0.0927. The van der Waals surface area contributed by atoms with Crippen molar-refractivity contribution in [3.63, 3.8) is 0 Å². The van der Waals surface area contributed by atoms with Gasteiger partial charge in [0, 0.05) is 5.56 Å². The first kappa shape index (κ1) is 10.8. The lowest BCUT2D eigenvalue weighted by molar-refractivity contribution is 0.101. The standard InChI is InChI=1S/C12H16O2/c1-4-7-14-12-6-5-11(10(3)13)8-9(12)2/h5-6,8H,4,7H2,1-3H3. The summed E-state index contributed by atoms with van der Waals surface area (Å²) in [5.41, 5.74) is 1.76. The molecule has 0 radical (unpaired) electrons. The van der Waals surface area contributed by atoms with Crippen molar-refractivity contribution in [2.24, 2.45) is 0 Å². The zero-order valence-electron chi connectivity index (χ0n) is 8.96. The Bertz CT molecular complexity index is 329. The van der Waals surface area contributed by atoms with Crippen LogP contribution in [0.1, 0.15) is 36.2 Å². The van der Waals surface area contributed by atoms with Crippen LogP contribution in [-0.4, -0.2) is 12.4 Å². The second-order valence-corrected chi connectivity index (χ2v) is 3.38. The molecule has 2 nitrogen and oxygen atoms in total. The van der Waals surface area contributed by atoms with Gasteiger partial charge in [0.2, 0.25) is 0 Å². The molecule has 0 aliphatic carbocycles. The summed E-state index contributed by atoms with van der Waals surface area (Å²) in [6.07, 6.45) is 0.994. The van der Waals surface area contributed by atoms with Gasteiger partial charge in [0.1, 0.15) is 5.75 Å². The van der Waals surface area contributed by atoms with Gasteiger partial charge in [0.15, 0.2) is 5.78 Å². The molecule has 0 atom stereocenters. The molecule has 0 saturated heterocycles. The molecule has 0 aliphatic rings. The second kappa shape index (κ2) is 4.80. The Morgan fingerprint density at radius 1 is 1.43 bits per heavy atom. The highest BCUT2D eigenvalue weighted by molar-refractivity contribution is 5.94. The van der Waals surface area contributed by atoms with Crippen LogP contribution >= 0.6 is 0 Å². The Morgan fingerprint density at radius 2 is 2.14 bits per heavy atom. The molecule has 76 valence electrons. The first-order chi connectivity index (χ1) is 6.65. The molecule has 0 heterocycles. The van der Waals surface area contributed by atoms with Gasteiger partial charge in [-0.3, -0.25) is 4.79 Å². The van der Waals surface area contributed by atoms with Crippen molar-refractivity contribution in [3.05, 3.63) is 29.3 Å². The first-order valence-electron chi connectivity index (χ1n) is 4.89. The Hall–Kier alpha value is -1.31. The first-order valence-corrected chi connectivity index (χ1v) is 4.89. The minimum Gasteiger partial charge on any atom is -0.493 e. The number of carbonyl (C=O) groups excluding carboxylic acids is 1. The average molecular weight is 192 g/mol. The lowest BCUT2D eigenvalue weighted by Gasteiger charge is -2.08. The van der Waals surface area contributed by atoms with Crippen molar-refractivity contribution < 1.29 is 9.53 Å². The molecule has 0 fully saturated rings. The lowest BCUT2D eigenvalue weighted by atomic mass is 10.1. The van der Waals surface area contributed by atoms with Crippen molar-refractivity contribution in [1.29, 1.82) is 0 Å². The fourth-order valence-corrected chi connectivity index (χ4v) is 1.24. The molecule has 0 aliphatic heterocycles. The maximum atomic E-state index is 11.1. The van der Waals surface area contributed by atoms with Crippen LogP contribution in [0.2, 0.25) is 0 Å². The Balaban J connectivity index is 2.84. The summed E-state index contributed by atoms with van der Waals surface area (Å²) < 4.78 is 5.51. The topological polar surface area (TPSA) is 26.3 Å². The second-order valence-electron chi connectivity index (χ2n) is 3.38. The quantitative estimate of drug-likeness (QED) is 0.685. The van der Waals surface area contributed by atoms with Crippen LogP contribution in [0.3, 0.4) is 0 Å². The van der Waals surface area contributed by atoms with Gasteiger partial charge in [-0.15, -0.1) is 0 Å². The molecule has 1 aromatic carbocycles. The van der Waals surface area contributed by atoms with Crippen molar-refractivity contribution in [1.82, 2.24) is 0 Å². The molecular weight excluding hydrogens is 176 g/mol. The smallest absolute Gasteiger partial charge is 0.159 e. The van der Waals surface area contributed by atoms with Gasteiger partial charge in [-0.2, -0.15) is 0 Å². The zero-order chi connectivity index (χ0) is 10.6. The molecule has 1 rings (SSSR count). The Morgan fingerprint density at radius 3 is 2.64 bits per heavy atom. The third-order valence-electron chi connectivity index (χ3n) is 2.04. The number of ketones is 1. The van der Waals surface area contributed by atoms with E-state index in [1.807, 2.05) is 19.1 Å². The molecule has 14 heavy (non-hydrogen) atoms. The van der Waals surface area contributed by atoms with E-state index in [0.717, 1.165) is 29.9 Å². The molecule has 0 aromatic heterocycles. The van der Waals surface area contributed by atoms with Gasteiger partial charge in [0.05, 0.1) is 6.61 Å². The van der Waals surface area contributed by atoms with E-state index < -0.39 is 0 Å². The van der Waals surface area contributed by atoms with E-state index in [4.69, 9.17) is 4.74 Å². The van der Waals surface area contributed by atoms with Gasteiger partial charge in [-0.05, 0) is 44.0 Å². The van der Waals surface area contributed by atoms with E-state index in [9.17, 15) is 4.79 Å². The van der Waals surface area contributed by atoms with Crippen molar-refractivity contribution in [2.45, 2.75) is 27.2 Å². The van der Waals surface area contributed by atoms with Crippen molar-refractivity contribution in [2.75, 3.05) is 6.61 Å². The van der Waals surface area contributed by atoms with Gasteiger partial charge < -0.3 is 4.74 Å². The molecule has 0 amide bonds. The maximum Gasteiger partial charge on any atom is 0.159 e. The Labute approximate surface area is 84.9 Å². The predicted molar refractivity (Wildman–Crippen MR) is 57.0 cm³/mol. The molecular formula is C12H16O2. The monoisotopic (exact) mass is 192 g/mol. The van der Waals surface area contributed by atoms with Crippen molar-refractivity contribution >= 4 is 5.78 Å². The number of rotatable bonds is 4. The van der Waals surface area contributed by atoms with Crippen LogP contribution in [0.25, 0.3) is 0 Å². The fraction of sp³-hybridized carbons (Fsp3) is 0.417. The van der Waals surface area contributed by atoms with Gasteiger partial charge >= 0.3 is 0 Å². The molecule has 1 aromatic rings. The lowest BCUT2D eigenvalue weighted by Crippen LogP contribution is -1.99. The highest BCUT2D eigenvalue weighted by Gasteiger charge is 2.03. The van der Waals surface area contributed by atoms with E-state index >= 15 is 0 Å². The number of benzene rings is 1. The van der Waals surface area contributed by atoms with E-state index in [-0.39, 0.29) is 5.78 Å². The summed E-state index contributed by atoms with van der Waals surface area (Å²) in [4.78, 5) is 11.1. The number of hydrogen-bond acceptors (Lipinski definition) is 2. The van der Waals surface area contributed by atoms with Crippen LogP contribution in [0.15, 0.2) is 18.2 Å². The third kappa shape index (κ3) is 2.59. The largest absolute Gasteiger partial charge is 0.493 e. The SMILES string of the molecule is CCCOc1ccc(C(C)=O)cc1C. The normalized spacial score (nSPS) is 9.93. The van der Waals surface area contributed by atoms with Gasteiger partial charge in [0.25, 0.3) is 0 Å². The van der Waals surface area contributed by atoms with E-state index in [0.29, 0.717) is 0 Å². The maximum absolute atomic E-state index is 11.1. The van der Waals surface area contributed by atoms with Crippen LogP contribution in [0, 0.1) is 6.92 Å². The Kier molecular flexibility index (Phi) is 3.69. The average Bonchev–Trinajstić information content (AvgIpc) is 2.15. The molecule has 0 bridgehead atoms. The molecule has 0 spiro atoms. The molecule has 0 unspecified atom stereocenters. The van der Waals surface area contributed by atoms with Crippen LogP contribution in [0.4, 0.5) is 0 Å². The van der Waals surface area contributed by atoms with E-state index in [1.165, 1.54) is 0 Å². The number of hydrogen-bond donors (Lipinski definition) is 0. The number of aryl methyl sites for hydroxylation is 1. The number of ether oxygens (including phenoxy) is 1. The summed E-state index contributed by atoms with van der Waals surface area (Å²) in [5, 5.41) is 0. The highest BCUT2D eigenvalue weighted by atomic mass is 16.5. The molecule has 0 N–H and O–H groups in total. The fourth-order valence-electron chi connectivity index (χ4n) is 1.24. The van der Waals surface area contributed by atoms with E-state index in [1.54, 1.807) is 13.0 Å². The highest BCUT2D eigenvalue weighted by Crippen LogP contribution is 2.19.